The highest BCUT2D eigenvalue weighted by molar-refractivity contribution is 5.01. The molecule has 0 bridgehead atoms. The van der Waals surface area contributed by atoms with E-state index in [1.54, 1.807) is 0 Å². The molecule has 66 valence electrons. The summed E-state index contributed by atoms with van der Waals surface area (Å²) in [5, 5.41) is 12.4. The van der Waals surface area contributed by atoms with E-state index in [1.165, 1.54) is 0 Å². The lowest BCUT2D eigenvalue weighted by molar-refractivity contribution is 0.215. The summed E-state index contributed by atoms with van der Waals surface area (Å²) in [6, 6.07) is 0. The third kappa shape index (κ3) is 2.80. The standard InChI is InChI=1S/C9H19NO/c1-8(2,3)6-10-9(7-11)4-5-9/h10-11H,4-7H2,1-3H3. The Morgan fingerprint density at radius 2 is 1.91 bits per heavy atom. The summed E-state index contributed by atoms with van der Waals surface area (Å²) in [5.41, 5.74) is 0.429. The first-order valence-electron chi connectivity index (χ1n) is 4.33. The lowest BCUT2D eigenvalue weighted by Crippen LogP contribution is -2.40. The Morgan fingerprint density at radius 3 is 2.18 bits per heavy atom. The van der Waals surface area contributed by atoms with E-state index in [1.807, 2.05) is 0 Å². The molecule has 11 heavy (non-hydrogen) atoms. The van der Waals surface area contributed by atoms with Crippen molar-refractivity contribution in [3.05, 3.63) is 0 Å². The van der Waals surface area contributed by atoms with Crippen molar-refractivity contribution in [2.75, 3.05) is 13.2 Å². The van der Waals surface area contributed by atoms with Gasteiger partial charge in [-0.25, -0.2) is 0 Å². The summed E-state index contributed by atoms with van der Waals surface area (Å²) in [7, 11) is 0. The Labute approximate surface area is 69.0 Å². The van der Waals surface area contributed by atoms with Crippen LogP contribution in [0, 0.1) is 5.41 Å². The lowest BCUT2D eigenvalue weighted by Gasteiger charge is -2.23. The lowest BCUT2D eigenvalue weighted by atomic mass is 9.96. The van der Waals surface area contributed by atoms with E-state index in [0.717, 1.165) is 19.4 Å². The van der Waals surface area contributed by atoms with Gasteiger partial charge in [-0.1, -0.05) is 20.8 Å². The smallest absolute Gasteiger partial charge is 0.0613 e. The summed E-state index contributed by atoms with van der Waals surface area (Å²) in [6.45, 7) is 7.89. The SMILES string of the molecule is CC(C)(C)CNC1(CO)CC1. The van der Waals surface area contributed by atoms with Gasteiger partial charge in [0.15, 0.2) is 0 Å². The Kier molecular flexibility index (Phi) is 2.26. The second-order valence-electron chi connectivity index (χ2n) is 4.85. The molecule has 2 N–H and O–H groups in total. The Morgan fingerprint density at radius 1 is 1.36 bits per heavy atom. The molecule has 0 radical (unpaired) electrons. The third-order valence-electron chi connectivity index (χ3n) is 2.15. The van der Waals surface area contributed by atoms with E-state index in [9.17, 15) is 0 Å². The molecule has 0 aromatic carbocycles. The molecular formula is C9H19NO. The molecular weight excluding hydrogens is 138 g/mol. The molecule has 0 aromatic rings. The molecule has 0 heterocycles. The Hall–Kier alpha value is -0.0800. The molecule has 0 saturated heterocycles. The van der Waals surface area contributed by atoms with Gasteiger partial charge in [-0.05, 0) is 18.3 Å². The number of nitrogens with one attached hydrogen (secondary N) is 1. The maximum atomic E-state index is 8.99. The summed E-state index contributed by atoms with van der Waals surface area (Å²) in [5.74, 6) is 0. The van der Waals surface area contributed by atoms with Crippen LogP contribution in [-0.4, -0.2) is 23.8 Å². The molecule has 0 atom stereocenters. The molecule has 1 aliphatic rings. The number of hydrogen-bond acceptors (Lipinski definition) is 2. The zero-order valence-corrected chi connectivity index (χ0v) is 7.78. The number of hydrogen-bond donors (Lipinski definition) is 2. The predicted octanol–water partition coefficient (Wildman–Crippen LogP) is 1.15. The van der Waals surface area contributed by atoms with Crippen LogP contribution < -0.4 is 5.32 Å². The van der Waals surface area contributed by atoms with Gasteiger partial charge >= 0.3 is 0 Å². The molecule has 1 aliphatic carbocycles. The highest BCUT2D eigenvalue weighted by Gasteiger charge is 2.41. The van der Waals surface area contributed by atoms with Crippen LogP contribution in [0.5, 0.6) is 0 Å². The van der Waals surface area contributed by atoms with Gasteiger partial charge in [0, 0.05) is 12.1 Å². The average Bonchev–Trinajstić information content (AvgIpc) is 2.63. The van der Waals surface area contributed by atoms with Crippen LogP contribution in [0.15, 0.2) is 0 Å². The van der Waals surface area contributed by atoms with E-state index < -0.39 is 0 Å². The first kappa shape index (κ1) is 9.01. The van der Waals surface area contributed by atoms with Crippen LogP contribution in [0.4, 0.5) is 0 Å². The van der Waals surface area contributed by atoms with Gasteiger partial charge in [0.2, 0.25) is 0 Å². The quantitative estimate of drug-likeness (QED) is 0.644. The van der Waals surface area contributed by atoms with Crippen molar-refractivity contribution >= 4 is 0 Å². The van der Waals surface area contributed by atoms with Crippen molar-refractivity contribution in [1.82, 2.24) is 5.32 Å². The van der Waals surface area contributed by atoms with Gasteiger partial charge in [0.1, 0.15) is 0 Å². The molecule has 1 saturated carbocycles. The second kappa shape index (κ2) is 2.76. The van der Waals surface area contributed by atoms with Crippen LogP contribution >= 0.6 is 0 Å². The molecule has 2 nitrogen and oxygen atoms in total. The predicted molar refractivity (Wildman–Crippen MR) is 46.5 cm³/mol. The van der Waals surface area contributed by atoms with Crippen LogP contribution in [0.25, 0.3) is 0 Å². The number of aliphatic hydroxyl groups excluding tert-OH is 1. The zero-order chi connectivity index (χ0) is 8.54. The minimum absolute atomic E-state index is 0.104. The summed E-state index contributed by atoms with van der Waals surface area (Å²) in [6.07, 6.45) is 2.28. The van der Waals surface area contributed by atoms with Gasteiger partial charge in [0.25, 0.3) is 0 Å². The van der Waals surface area contributed by atoms with Crippen molar-refractivity contribution in [1.29, 1.82) is 0 Å². The van der Waals surface area contributed by atoms with Gasteiger partial charge < -0.3 is 10.4 Å². The minimum Gasteiger partial charge on any atom is -0.394 e. The van der Waals surface area contributed by atoms with Gasteiger partial charge in [-0.15, -0.1) is 0 Å². The molecule has 0 aliphatic heterocycles. The number of rotatable bonds is 3. The fourth-order valence-electron chi connectivity index (χ4n) is 0.994. The van der Waals surface area contributed by atoms with E-state index in [2.05, 4.69) is 26.1 Å². The molecule has 0 spiro atoms. The van der Waals surface area contributed by atoms with Crippen LogP contribution in [0.1, 0.15) is 33.6 Å². The summed E-state index contributed by atoms with van der Waals surface area (Å²) in [4.78, 5) is 0. The topological polar surface area (TPSA) is 32.3 Å². The molecule has 0 aromatic heterocycles. The highest BCUT2D eigenvalue weighted by Crippen LogP contribution is 2.35. The van der Waals surface area contributed by atoms with E-state index in [4.69, 9.17) is 5.11 Å². The first-order chi connectivity index (χ1) is 4.97. The maximum Gasteiger partial charge on any atom is 0.0613 e. The molecule has 1 rings (SSSR count). The van der Waals surface area contributed by atoms with Gasteiger partial charge in [-0.3, -0.25) is 0 Å². The normalized spacial score (nSPS) is 21.8. The first-order valence-corrected chi connectivity index (χ1v) is 4.33. The largest absolute Gasteiger partial charge is 0.394 e. The highest BCUT2D eigenvalue weighted by atomic mass is 16.3. The Bertz CT molecular complexity index is 133. The van der Waals surface area contributed by atoms with Gasteiger partial charge in [-0.2, -0.15) is 0 Å². The van der Waals surface area contributed by atoms with E-state index in [-0.39, 0.29) is 5.54 Å². The summed E-state index contributed by atoms with van der Waals surface area (Å²) < 4.78 is 0. The zero-order valence-electron chi connectivity index (χ0n) is 7.78. The molecule has 2 heteroatoms. The maximum absolute atomic E-state index is 8.99. The Balaban J connectivity index is 2.22. The van der Waals surface area contributed by atoms with Crippen molar-refractivity contribution < 1.29 is 5.11 Å². The van der Waals surface area contributed by atoms with Crippen molar-refractivity contribution in [3.63, 3.8) is 0 Å². The fourth-order valence-corrected chi connectivity index (χ4v) is 0.994. The van der Waals surface area contributed by atoms with Gasteiger partial charge in [0.05, 0.1) is 6.61 Å². The van der Waals surface area contributed by atoms with Crippen LogP contribution in [0.2, 0.25) is 0 Å². The second-order valence-corrected chi connectivity index (χ2v) is 4.85. The monoisotopic (exact) mass is 157 g/mol. The molecule has 0 unspecified atom stereocenters. The summed E-state index contributed by atoms with van der Waals surface area (Å²) >= 11 is 0. The third-order valence-corrected chi connectivity index (χ3v) is 2.15. The van der Waals surface area contributed by atoms with Crippen LogP contribution in [0.3, 0.4) is 0 Å². The molecule has 0 amide bonds. The average molecular weight is 157 g/mol. The van der Waals surface area contributed by atoms with E-state index >= 15 is 0 Å². The fraction of sp³-hybridized carbons (Fsp3) is 1.00. The minimum atomic E-state index is 0.104. The van der Waals surface area contributed by atoms with Crippen molar-refractivity contribution in [2.45, 2.75) is 39.2 Å². The van der Waals surface area contributed by atoms with Crippen molar-refractivity contribution in [2.24, 2.45) is 5.41 Å². The van der Waals surface area contributed by atoms with E-state index in [0.29, 0.717) is 12.0 Å². The molecule has 1 fully saturated rings. The van der Waals surface area contributed by atoms with Crippen molar-refractivity contribution in [3.8, 4) is 0 Å². The van der Waals surface area contributed by atoms with Crippen LogP contribution in [-0.2, 0) is 0 Å². The number of aliphatic hydroxyl groups is 1.